The SMILES string of the molecule is CCCNC(=O)C(c1ccccc1)C1CCN(c2ccc(NC(=O)c3ccccc3OCc3ccccc3)cc2)CC1. The molecule has 1 aliphatic rings. The molecule has 1 saturated heterocycles. The zero-order chi connectivity index (χ0) is 29.1. The third kappa shape index (κ3) is 7.38. The Labute approximate surface area is 248 Å². The second-order valence-electron chi connectivity index (χ2n) is 10.8. The highest BCUT2D eigenvalue weighted by atomic mass is 16.5. The Morgan fingerprint density at radius 3 is 2.17 bits per heavy atom. The van der Waals surface area contributed by atoms with Gasteiger partial charge in [0, 0.05) is 31.0 Å². The van der Waals surface area contributed by atoms with Crippen molar-refractivity contribution in [1.82, 2.24) is 5.32 Å². The zero-order valence-electron chi connectivity index (χ0n) is 24.2. The molecule has 1 heterocycles. The fourth-order valence-corrected chi connectivity index (χ4v) is 5.62. The molecule has 2 N–H and O–H groups in total. The third-order valence-corrected chi connectivity index (χ3v) is 7.86. The normalized spacial score (nSPS) is 14.2. The molecule has 6 heteroatoms. The minimum absolute atomic E-state index is 0.128. The van der Waals surface area contributed by atoms with Gasteiger partial charge >= 0.3 is 0 Å². The molecule has 6 nitrogen and oxygen atoms in total. The number of hydrogen-bond acceptors (Lipinski definition) is 4. The van der Waals surface area contributed by atoms with E-state index in [-0.39, 0.29) is 17.7 Å². The largest absolute Gasteiger partial charge is 0.488 e. The highest BCUT2D eigenvalue weighted by Gasteiger charge is 2.32. The molecule has 0 bridgehead atoms. The van der Waals surface area contributed by atoms with E-state index in [0.29, 0.717) is 30.4 Å². The molecule has 216 valence electrons. The van der Waals surface area contributed by atoms with E-state index in [1.165, 1.54) is 0 Å². The Balaban J connectivity index is 1.18. The first-order valence-corrected chi connectivity index (χ1v) is 14.9. The summed E-state index contributed by atoms with van der Waals surface area (Å²) in [5.74, 6) is 0.643. The van der Waals surface area contributed by atoms with Gasteiger partial charge in [-0.15, -0.1) is 0 Å². The molecule has 2 amide bonds. The minimum Gasteiger partial charge on any atom is -0.488 e. The monoisotopic (exact) mass is 561 g/mol. The first-order chi connectivity index (χ1) is 20.6. The van der Waals surface area contributed by atoms with Crippen molar-refractivity contribution in [2.24, 2.45) is 5.92 Å². The fourth-order valence-electron chi connectivity index (χ4n) is 5.62. The number of piperidine rings is 1. The van der Waals surface area contributed by atoms with Crippen LogP contribution in [0.3, 0.4) is 0 Å². The molecule has 0 radical (unpaired) electrons. The lowest BCUT2D eigenvalue weighted by atomic mass is 9.79. The smallest absolute Gasteiger partial charge is 0.259 e. The predicted molar refractivity (Wildman–Crippen MR) is 169 cm³/mol. The molecular formula is C36H39N3O3. The standard InChI is InChI=1S/C36H39N3O3/c1-2-23-37-36(41)34(28-13-7-4-8-14-28)29-21-24-39(25-22-29)31-19-17-30(18-20-31)38-35(40)32-15-9-10-16-33(32)42-26-27-11-5-3-6-12-27/h3-20,29,34H,2,21-26H2,1H3,(H,37,41)(H,38,40). The predicted octanol–water partition coefficient (Wildman–Crippen LogP) is 7.04. The van der Waals surface area contributed by atoms with E-state index < -0.39 is 0 Å². The summed E-state index contributed by atoms with van der Waals surface area (Å²) in [6, 6.07) is 35.4. The Kier molecular flexibility index (Phi) is 9.89. The van der Waals surface area contributed by atoms with Crippen LogP contribution in [0, 0.1) is 5.92 Å². The summed E-state index contributed by atoms with van der Waals surface area (Å²) in [5.41, 5.74) is 4.48. The van der Waals surface area contributed by atoms with Gasteiger partial charge in [-0.2, -0.15) is 0 Å². The lowest BCUT2D eigenvalue weighted by Gasteiger charge is -2.37. The van der Waals surface area contributed by atoms with Crippen LogP contribution in [-0.2, 0) is 11.4 Å². The highest BCUT2D eigenvalue weighted by molar-refractivity contribution is 6.06. The van der Waals surface area contributed by atoms with Crippen molar-refractivity contribution in [1.29, 1.82) is 0 Å². The van der Waals surface area contributed by atoms with Crippen LogP contribution < -0.4 is 20.3 Å². The van der Waals surface area contributed by atoms with Crippen molar-refractivity contribution in [3.05, 3.63) is 126 Å². The number of nitrogens with zero attached hydrogens (tertiary/aromatic N) is 1. The number of carbonyl (C=O) groups is 2. The fraction of sp³-hybridized carbons (Fsp3) is 0.278. The van der Waals surface area contributed by atoms with E-state index in [9.17, 15) is 9.59 Å². The first kappa shape index (κ1) is 28.9. The highest BCUT2D eigenvalue weighted by Crippen LogP contribution is 2.35. The summed E-state index contributed by atoms with van der Waals surface area (Å²) in [4.78, 5) is 28.6. The topological polar surface area (TPSA) is 70.7 Å². The van der Waals surface area contributed by atoms with Gasteiger partial charge in [0.1, 0.15) is 12.4 Å². The number of carbonyl (C=O) groups excluding carboxylic acids is 2. The van der Waals surface area contributed by atoms with Crippen molar-refractivity contribution in [2.75, 3.05) is 29.9 Å². The van der Waals surface area contributed by atoms with Gasteiger partial charge in [0.15, 0.2) is 0 Å². The molecule has 1 aliphatic heterocycles. The molecule has 4 aromatic rings. The zero-order valence-corrected chi connectivity index (χ0v) is 24.2. The molecule has 0 saturated carbocycles. The Morgan fingerprint density at radius 2 is 1.48 bits per heavy atom. The van der Waals surface area contributed by atoms with Crippen LogP contribution in [0.15, 0.2) is 109 Å². The van der Waals surface area contributed by atoms with E-state index >= 15 is 0 Å². The van der Waals surface area contributed by atoms with Crippen molar-refractivity contribution in [3.8, 4) is 5.75 Å². The number of benzene rings is 4. The lowest BCUT2D eigenvalue weighted by molar-refractivity contribution is -0.124. The Morgan fingerprint density at radius 1 is 0.833 bits per heavy atom. The van der Waals surface area contributed by atoms with Crippen LogP contribution in [0.1, 0.15) is 53.6 Å². The van der Waals surface area contributed by atoms with E-state index in [1.807, 2.05) is 78.9 Å². The summed E-state index contributed by atoms with van der Waals surface area (Å²) in [6.45, 7) is 4.94. The molecule has 4 aromatic carbocycles. The molecule has 42 heavy (non-hydrogen) atoms. The van der Waals surface area contributed by atoms with Crippen LogP contribution in [-0.4, -0.2) is 31.4 Å². The van der Waals surface area contributed by atoms with E-state index in [2.05, 4.69) is 46.7 Å². The summed E-state index contributed by atoms with van der Waals surface area (Å²) < 4.78 is 5.98. The van der Waals surface area contributed by atoms with Gasteiger partial charge in [-0.1, -0.05) is 79.7 Å². The second-order valence-corrected chi connectivity index (χ2v) is 10.8. The van der Waals surface area contributed by atoms with Crippen LogP contribution in [0.4, 0.5) is 11.4 Å². The maximum Gasteiger partial charge on any atom is 0.259 e. The molecule has 1 fully saturated rings. The van der Waals surface area contributed by atoms with Crippen molar-refractivity contribution < 1.29 is 14.3 Å². The molecule has 0 aliphatic carbocycles. The maximum atomic E-state index is 13.1. The van der Waals surface area contributed by atoms with Gasteiger partial charge in [-0.05, 0) is 72.7 Å². The number of para-hydroxylation sites is 1. The van der Waals surface area contributed by atoms with Crippen LogP contribution in [0.2, 0.25) is 0 Å². The second kappa shape index (κ2) is 14.4. The van der Waals surface area contributed by atoms with Crippen LogP contribution >= 0.6 is 0 Å². The van der Waals surface area contributed by atoms with Gasteiger partial charge < -0.3 is 20.3 Å². The van der Waals surface area contributed by atoms with E-state index in [4.69, 9.17) is 4.74 Å². The van der Waals surface area contributed by atoms with Crippen LogP contribution in [0.25, 0.3) is 0 Å². The summed E-state index contributed by atoms with van der Waals surface area (Å²) >= 11 is 0. The quantitative estimate of drug-likeness (QED) is 0.206. The van der Waals surface area contributed by atoms with E-state index in [0.717, 1.165) is 54.9 Å². The minimum atomic E-state index is -0.208. The van der Waals surface area contributed by atoms with Crippen LogP contribution in [0.5, 0.6) is 5.75 Å². The van der Waals surface area contributed by atoms with Gasteiger partial charge in [-0.25, -0.2) is 0 Å². The molecule has 5 rings (SSSR count). The Bertz CT molecular complexity index is 1430. The number of nitrogens with one attached hydrogen (secondary N) is 2. The van der Waals surface area contributed by atoms with Crippen molar-refractivity contribution >= 4 is 23.2 Å². The number of rotatable bonds is 11. The number of anilines is 2. The Hall–Kier alpha value is -4.58. The average Bonchev–Trinajstić information content (AvgIpc) is 3.05. The van der Waals surface area contributed by atoms with Crippen molar-refractivity contribution in [2.45, 2.75) is 38.7 Å². The van der Waals surface area contributed by atoms with Gasteiger partial charge in [0.25, 0.3) is 5.91 Å². The van der Waals surface area contributed by atoms with Gasteiger partial charge in [0.05, 0.1) is 11.5 Å². The van der Waals surface area contributed by atoms with Gasteiger partial charge in [-0.3, -0.25) is 9.59 Å². The maximum absolute atomic E-state index is 13.1. The molecule has 1 unspecified atom stereocenters. The number of ether oxygens (including phenoxy) is 1. The van der Waals surface area contributed by atoms with E-state index in [1.54, 1.807) is 6.07 Å². The first-order valence-electron chi connectivity index (χ1n) is 14.9. The summed E-state index contributed by atoms with van der Waals surface area (Å²) in [7, 11) is 0. The molecule has 0 spiro atoms. The third-order valence-electron chi connectivity index (χ3n) is 7.86. The molecule has 0 aromatic heterocycles. The van der Waals surface area contributed by atoms with Crippen molar-refractivity contribution in [3.63, 3.8) is 0 Å². The summed E-state index contributed by atoms with van der Waals surface area (Å²) in [5, 5.41) is 6.14. The molecule has 1 atom stereocenters. The number of amides is 2. The average molecular weight is 562 g/mol. The van der Waals surface area contributed by atoms with Gasteiger partial charge in [0.2, 0.25) is 5.91 Å². The lowest BCUT2D eigenvalue weighted by Crippen LogP contribution is -2.40. The molecular weight excluding hydrogens is 522 g/mol. The number of hydrogen-bond donors (Lipinski definition) is 2. The summed E-state index contributed by atoms with van der Waals surface area (Å²) in [6.07, 6.45) is 2.81.